The normalized spacial score (nSPS) is 10.7. The van der Waals surface area contributed by atoms with E-state index in [9.17, 15) is 4.79 Å². The second-order valence-corrected chi connectivity index (χ2v) is 5.16. The summed E-state index contributed by atoms with van der Waals surface area (Å²) < 4.78 is 5.62. The van der Waals surface area contributed by atoms with Gasteiger partial charge in [-0.15, -0.1) is 0 Å². The second kappa shape index (κ2) is 6.89. The Hall–Kier alpha value is -2.62. The third-order valence-electron chi connectivity index (χ3n) is 3.48. The smallest absolute Gasteiger partial charge is 0.220 e. The zero-order valence-corrected chi connectivity index (χ0v) is 12.3. The number of hydrogen-bond acceptors (Lipinski definition) is 3. The lowest BCUT2D eigenvalue weighted by molar-refractivity contribution is -0.121. The molecule has 0 atom stereocenters. The van der Waals surface area contributed by atoms with Crippen LogP contribution in [-0.4, -0.2) is 17.4 Å². The highest BCUT2D eigenvalue weighted by Crippen LogP contribution is 2.14. The second-order valence-electron chi connectivity index (χ2n) is 5.16. The first-order valence-corrected chi connectivity index (χ1v) is 7.46. The van der Waals surface area contributed by atoms with Gasteiger partial charge in [-0.25, -0.2) is 4.98 Å². The van der Waals surface area contributed by atoms with Crippen molar-refractivity contribution in [2.24, 2.45) is 0 Å². The van der Waals surface area contributed by atoms with E-state index in [4.69, 9.17) is 4.42 Å². The van der Waals surface area contributed by atoms with Crippen molar-refractivity contribution in [3.63, 3.8) is 0 Å². The molecule has 3 rings (SSSR count). The van der Waals surface area contributed by atoms with E-state index >= 15 is 0 Å². The van der Waals surface area contributed by atoms with Crippen molar-refractivity contribution in [1.82, 2.24) is 10.3 Å². The van der Waals surface area contributed by atoms with Crippen LogP contribution in [0.3, 0.4) is 0 Å². The standard InChI is InChI=1S/C18H18N2O2/c21-17(11-10-14-6-2-1-3-7-14)19-13-12-18-20-15-8-4-5-9-16(15)22-18/h1-9H,10-13H2,(H,19,21). The molecule has 112 valence electrons. The molecule has 1 amide bonds. The maximum atomic E-state index is 11.8. The Balaban J connectivity index is 1.43. The van der Waals surface area contributed by atoms with E-state index in [0.717, 1.165) is 17.5 Å². The van der Waals surface area contributed by atoms with Gasteiger partial charge >= 0.3 is 0 Å². The summed E-state index contributed by atoms with van der Waals surface area (Å²) in [6, 6.07) is 17.7. The Morgan fingerprint density at radius 2 is 1.77 bits per heavy atom. The van der Waals surface area contributed by atoms with E-state index in [1.54, 1.807) is 0 Å². The Morgan fingerprint density at radius 1 is 1.00 bits per heavy atom. The third kappa shape index (κ3) is 3.73. The molecule has 1 aromatic heterocycles. The summed E-state index contributed by atoms with van der Waals surface area (Å²) in [6.07, 6.45) is 1.86. The lowest BCUT2D eigenvalue weighted by Gasteiger charge is -2.03. The molecule has 0 aliphatic heterocycles. The number of nitrogens with one attached hydrogen (secondary N) is 1. The van der Waals surface area contributed by atoms with Crippen molar-refractivity contribution in [2.45, 2.75) is 19.3 Å². The van der Waals surface area contributed by atoms with Crippen molar-refractivity contribution >= 4 is 17.0 Å². The van der Waals surface area contributed by atoms with Gasteiger partial charge in [0.05, 0.1) is 0 Å². The molecule has 0 saturated carbocycles. The SMILES string of the molecule is O=C(CCc1ccccc1)NCCc1nc2ccccc2o1. The largest absolute Gasteiger partial charge is 0.441 e. The lowest BCUT2D eigenvalue weighted by Crippen LogP contribution is -2.25. The van der Waals surface area contributed by atoms with E-state index in [1.165, 1.54) is 5.56 Å². The zero-order valence-electron chi connectivity index (χ0n) is 12.3. The van der Waals surface area contributed by atoms with Gasteiger partial charge in [0, 0.05) is 19.4 Å². The third-order valence-corrected chi connectivity index (χ3v) is 3.48. The molecular formula is C18H18N2O2. The molecule has 0 fully saturated rings. The average molecular weight is 294 g/mol. The minimum absolute atomic E-state index is 0.0555. The number of aryl methyl sites for hydroxylation is 1. The van der Waals surface area contributed by atoms with Gasteiger partial charge in [0.15, 0.2) is 11.5 Å². The minimum atomic E-state index is 0.0555. The Labute approximate surface area is 129 Å². The van der Waals surface area contributed by atoms with Crippen molar-refractivity contribution < 1.29 is 9.21 Å². The molecule has 1 heterocycles. The Bertz CT molecular complexity index is 717. The van der Waals surface area contributed by atoms with Crippen LogP contribution >= 0.6 is 0 Å². The highest BCUT2D eigenvalue weighted by atomic mass is 16.3. The van der Waals surface area contributed by atoms with Crippen LogP contribution in [0.15, 0.2) is 59.0 Å². The molecule has 3 aromatic rings. The van der Waals surface area contributed by atoms with Crippen molar-refractivity contribution in [1.29, 1.82) is 0 Å². The van der Waals surface area contributed by atoms with Crippen LogP contribution in [0.1, 0.15) is 17.9 Å². The number of amides is 1. The highest BCUT2D eigenvalue weighted by Gasteiger charge is 2.06. The summed E-state index contributed by atoms with van der Waals surface area (Å²) >= 11 is 0. The molecule has 0 bridgehead atoms. The first-order chi connectivity index (χ1) is 10.8. The number of fused-ring (bicyclic) bond motifs is 1. The van der Waals surface area contributed by atoms with Gasteiger partial charge in [0.2, 0.25) is 5.91 Å². The van der Waals surface area contributed by atoms with Crippen molar-refractivity contribution in [2.75, 3.05) is 6.54 Å². The molecule has 22 heavy (non-hydrogen) atoms. The van der Waals surface area contributed by atoms with Crippen LogP contribution in [0.5, 0.6) is 0 Å². The van der Waals surface area contributed by atoms with Gasteiger partial charge in [-0.2, -0.15) is 0 Å². The van der Waals surface area contributed by atoms with E-state index in [-0.39, 0.29) is 5.91 Å². The van der Waals surface area contributed by atoms with Crippen LogP contribution in [0.2, 0.25) is 0 Å². The number of benzene rings is 2. The molecule has 4 heteroatoms. The quantitative estimate of drug-likeness (QED) is 0.760. The summed E-state index contributed by atoms with van der Waals surface area (Å²) in [5, 5.41) is 2.91. The summed E-state index contributed by atoms with van der Waals surface area (Å²) in [4.78, 5) is 16.2. The topological polar surface area (TPSA) is 55.1 Å². The van der Waals surface area contributed by atoms with Crippen LogP contribution in [-0.2, 0) is 17.6 Å². The van der Waals surface area contributed by atoms with Gasteiger partial charge in [-0.05, 0) is 24.1 Å². The van der Waals surface area contributed by atoms with E-state index in [2.05, 4.69) is 10.3 Å². The number of aromatic nitrogens is 1. The molecule has 0 unspecified atom stereocenters. The van der Waals surface area contributed by atoms with Crippen LogP contribution in [0.25, 0.3) is 11.1 Å². The number of rotatable bonds is 6. The summed E-state index contributed by atoms with van der Waals surface area (Å²) in [5.41, 5.74) is 2.82. The summed E-state index contributed by atoms with van der Waals surface area (Å²) in [7, 11) is 0. The van der Waals surface area contributed by atoms with Crippen LogP contribution in [0.4, 0.5) is 0 Å². The maximum Gasteiger partial charge on any atom is 0.220 e. The van der Waals surface area contributed by atoms with Crippen LogP contribution < -0.4 is 5.32 Å². The fourth-order valence-corrected chi connectivity index (χ4v) is 2.33. The number of carbonyl (C=O) groups excluding carboxylic acids is 1. The number of hydrogen-bond donors (Lipinski definition) is 1. The predicted octanol–water partition coefficient (Wildman–Crippen LogP) is 3.12. The van der Waals surface area contributed by atoms with Gasteiger partial charge < -0.3 is 9.73 Å². The Morgan fingerprint density at radius 3 is 2.59 bits per heavy atom. The molecule has 1 N–H and O–H groups in total. The first kappa shape index (κ1) is 14.3. The van der Waals surface area contributed by atoms with E-state index in [1.807, 2.05) is 54.6 Å². The van der Waals surface area contributed by atoms with Crippen LogP contribution in [0, 0.1) is 0 Å². The molecule has 2 aromatic carbocycles. The Kier molecular flexibility index (Phi) is 4.49. The summed E-state index contributed by atoms with van der Waals surface area (Å²) in [5.74, 6) is 0.713. The molecule has 0 radical (unpaired) electrons. The van der Waals surface area contributed by atoms with Gasteiger partial charge in [-0.1, -0.05) is 42.5 Å². The minimum Gasteiger partial charge on any atom is -0.441 e. The fourth-order valence-electron chi connectivity index (χ4n) is 2.33. The lowest BCUT2D eigenvalue weighted by atomic mass is 10.1. The maximum absolute atomic E-state index is 11.8. The number of nitrogens with zero attached hydrogens (tertiary/aromatic N) is 1. The highest BCUT2D eigenvalue weighted by molar-refractivity contribution is 5.76. The van der Waals surface area contributed by atoms with Crippen molar-refractivity contribution in [3.8, 4) is 0 Å². The molecule has 0 aliphatic rings. The molecule has 0 aliphatic carbocycles. The zero-order chi connectivity index (χ0) is 15.2. The van der Waals surface area contributed by atoms with Gasteiger partial charge in [0.25, 0.3) is 0 Å². The van der Waals surface area contributed by atoms with Crippen molar-refractivity contribution in [3.05, 3.63) is 66.1 Å². The number of para-hydroxylation sites is 2. The predicted molar refractivity (Wildman–Crippen MR) is 85.5 cm³/mol. The summed E-state index contributed by atoms with van der Waals surface area (Å²) in [6.45, 7) is 0.542. The van der Waals surface area contributed by atoms with E-state index < -0.39 is 0 Å². The monoisotopic (exact) mass is 294 g/mol. The first-order valence-electron chi connectivity index (χ1n) is 7.46. The fraction of sp³-hybridized carbons (Fsp3) is 0.222. The molecule has 0 saturated heterocycles. The molecule has 4 nitrogen and oxygen atoms in total. The van der Waals surface area contributed by atoms with Gasteiger partial charge in [-0.3, -0.25) is 4.79 Å². The molecular weight excluding hydrogens is 276 g/mol. The van der Waals surface area contributed by atoms with E-state index in [0.29, 0.717) is 25.3 Å². The number of oxazole rings is 1. The average Bonchev–Trinajstić information content (AvgIpc) is 2.96. The van der Waals surface area contributed by atoms with Gasteiger partial charge in [0.1, 0.15) is 5.52 Å². The number of carbonyl (C=O) groups is 1. The molecule has 0 spiro atoms.